The van der Waals surface area contributed by atoms with Crippen LogP contribution in [0.5, 0.6) is 11.5 Å². The predicted molar refractivity (Wildman–Crippen MR) is 336 cm³/mol. The Bertz CT molecular complexity index is 4440. The molecule has 0 bridgehead atoms. The quantitative estimate of drug-likeness (QED) is 0.123. The molecule has 0 radical (unpaired) electrons. The van der Waals surface area contributed by atoms with Crippen LogP contribution < -0.4 is 9.30 Å². The maximum absolute atomic E-state index is 6.86. The number of imidazole rings is 1. The Morgan fingerprint density at radius 2 is 1.01 bits per heavy atom. The van der Waals surface area contributed by atoms with Crippen molar-refractivity contribution in [1.82, 2.24) is 14.1 Å². The Morgan fingerprint density at radius 1 is 0.415 bits per heavy atom. The summed E-state index contributed by atoms with van der Waals surface area (Å²) in [5.41, 5.74) is 22.1. The summed E-state index contributed by atoms with van der Waals surface area (Å²) in [6, 6.07) is 76.2. The van der Waals surface area contributed by atoms with Crippen LogP contribution in [0.15, 0.2) is 194 Å². The van der Waals surface area contributed by atoms with E-state index in [9.17, 15) is 0 Å². The van der Waals surface area contributed by atoms with Crippen molar-refractivity contribution in [3.05, 3.63) is 235 Å². The van der Waals surface area contributed by atoms with Gasteiger partial charge in [-0.05, 0) is 135 Å². The number of pyridine rings is 1. The van der Waals surface area contributed by atoms with E-state index in [1.165, 1.54) is 50.1 Å². The second kappa shape index (κ2) is 20.1. The van der Waals surface area contributed by atoms with Gasteiger partial charge in [0.15, 0.2) is 0 Å². The van der Waals surface area contributed by atoms with Gasteiger partial charge in [0.25, 0.3) is 6.33 Å². The topological polar surface area (TPSA) is 35.9 Å². The van der Waals surface area contributed by atoms with Gasteiger partial charge >= 0.3 is 0 Å². The molecule has 1 aliphatic heterocycles. The molecule has 4 heterocycles. The molecule has 13 rings (SSSR count). The molecular weight excluding hydrogens is 1180 g/mol. The molecule has 6 heteroatoms. The van der Waals surface area contributed by atoms with Crippen molar-refractivity contribution in [3.63, 3.8) is 0 Å². The molecule has 1 aliphatic rings. The van der Waals surface area contributed by atoms with Crippen LogP contribution in [0.3, 0.4) is 0 Å². The van der Waals surface area contributed by atoms with Gasteiger partial charge in [0.1, 0.15) is 5.82 Å². The summed E-state index contributed by atoms with van der Waals surface area (Å²) in [7, 11) is 0. The van der Waals surface area contributed by atoms with Crippen molar-refractivity contribution in [2.45, 2.75) is 105 Å². The third kappa shape index (κ3) is 9.61. The Balaban J connectivity index is 0.00000665. The fourth-order valence-corrected chi connectivity index (χ4v) is 11.8. The summed E-state index contributed by atoms with van der Waals surface area (Å²) in [5, 5.41) is 2.21. The first kappa shape index (κ1) is 54.5. The standard InChI is InChI=1S/C76H68N4O.Pt/c1-73(2,3)51-36-37-77-70(44-51)80-67-30-19-18-28-61(67)62-35-33-57(46-69(62)80)81-56-25-20-24-55(45-56)78-47-79-71-64(50-38-52(74(4,5)6)41-53(39-50)75(7,8)9)42-54(76(10,11)12)43-66(71)59-27-17-16-26-58(59)65-40-49(48-22-14-13-15-23-48)32-34-60(65)63-29-21-31-68(78)72(63)79;/h13-44H,1-12H3;/q-2;. The van der Waals surface area contributed by atoms with E-state index in [2.05, 4.69) is 285 Å². The third-order valence-electron chi connectivity index (χ3n) is 16.4. The SMILES string of the molecule is CC(C)(C)c1cc(-c2cc(C(C)(C)C)cc3c2-[n+]2[c-]n(-c4[c-]c(Oc5[c-]c6c(cc5)c5ccccc5n6-c5cc(C(C)(C)C)ccn5)ccc4)c4cccc(c42)-c2ccc(-c4ccccc4)cc2-c2ccccc2-3)cc(C(C)(C)C)c1.[Pt]. The average molecular weight is 1250 g/mol. The van der Waals surface area contributed by atoms with Crippen LogP contribution >= 0.6 is 0 Å². The van der Waals surface area contributed by atoms with E-state index in [1.807, 2.05) is 24.4 Å². The molecular formula is C76H68N4OPt-2. The van der Waals surface area contributed by atoms with Crippen LogP contribution in [-0.4, -0.2) is 14.1 Å². The summed E-state index contributed by atoms with van der Waals surface area (Å²) >= 11 is 0. The van der Waals surface area contributed by atoms with E-state index in [0.717, 1.165) is 77.8 Å². The Hall–Kier alpha value is -8.11. The van der Waals surface area contributed by atoms with Gasteiger partial charge < -0.3 is 13.9 Å². The number of hydrogen-bond acceptors (Lipinski definition) is 2. The van der Waals surface area contributed by atoms with Crippen molar-refractivity contribution in [1.29, 1.82) is 0 Å². The molecule has 82 heavy (non-hydrogen) atoms. The average Bonchev–Trinajstić information content (AvgIpc) is 2.95. The molecule has 410 valence electrons. The van der Waals surface area contributed by atoms with E-state index in [0.29, 0.717) is 11.5 Å². The minimum absolute atomic E-state index is 0. The number of aromatic nitrogens is 4. The molecule has 0 amide bonds. The van der Waals surface area contributed by atoms with E-state index in [4.69, 9.17) is 9.72 Å². The minimum Gasteiger partial charge on any atom is -0.510 e. The smallest absolute Gasteiger partial charge is 0.268 e. The van der Waals surface area contributed by atoms with Gasteiger partial charge in [0.2, 0.25) is 0 Å². The number of para-hydroxylation sites is 2. The molecule has 3 aromatic heterocycles. The first-order chi connectivity index (χ1) is 38.7. The number of fused-ring (bicyclic) bond motifs is 10. The van der Waals surface area contributed by atoms with E-state index in [1.54, 1.807) is 0 Å². The summed E-state index contributed by atoms with van der Waals surface area (Å²) in [5.74, 6) is 1.99. The Morgan fingerprint density at radius 3 is 1.73 bits per heavy atom. The van der Waals surface area contributed by atoms with Gasteiger partial charge in [-0.25, -0.2) is 4.98 Å². The van der Waals surface area contributed by atoms with Crippen LogP contribution in [0, 0.1) is 18.5 Å². The van der Waals surface area contributed by atoms with Crippen LogP contribution in [0.4, 0.5) is 0 Å². The van der Waals surface area contributed by atoms with Gasteiger partial charge in [-0.2, -0.15) is 18.2 Å². The van der Waals surface area contributed by atoms with E-state index in [-0.39, 0.29) is 42.7 Å². The number of hydrogen-bond donors (Lipinski definition) is 0. The molecule has 0 saturated carbocycles. The molecule has 9 aromatic carbocycles. The van der Waals surface area contributed by atoms with Gasteiger partial charge in [-0.1, -0.05) is 222 Å². The maximum atomic E-state index is 6.86. The molecule has 0 saturated heterocycles. The summed E-state index contributed by atoms with van der Waals surface area (Å²) in [6.07, 6.45) is 5.97. The Labute approximate surface area is 498 Å². The van der Waals surface area contributed by atoms with E-state index >= 15 is 0 Å². The van der Waals surface area contributed by atoms with Crippen LogP contribution in [0.25, 0.3) is 106 Å². The first-order valence-electron chi connectivity index (χ1n) is 28.4. The number of benzene rings is 9. The van der Waals surface area contributed by atoms with Crippen molar-refractivity contribution in [3.8, 4) is 84.3 Å². The first-order valence-corrected chi connectivity index (χ1v) is 28.4. The van der Waals surface area contributed by atoms with Crippen LogP contribution in [0.1, 0.15) is 105 Å². The van der Waals surface area contributed by atoms with Crippen LogP contribution in [-0.2, 0) is 42.7 Å². The molecule has 0 N–H and O–H groups in total. The van der Waals surface area contributed by atoms with Gasteiger partial charge in [-0.15, -0.1) is 29.7 Å². The number of rotatable bonds is 6. The second-order valence-electron chi connectivity index (χ2n) is 26.2. The second-order valence-corrected chi connectivity index (χ2v) is 26.2. The van der Waals surface area contributed by atoms with Crippen molar-refractivity contribution in [2.24, 2.45) is 0 Å². The third-order valence-corrected chi connectivity index (χ3v) is 16.4. The molecule has 12 aromatic rings. The molecule has 0 atom stereocenters. The molecule has 5 nitrogen and oxygen atoms in total. The fraction of sp³-hybridized carbons (Fsp3) is 0.211. The molecule has 0 spiro atoms. The van der Waals surface area contributed by atoms with Gasteiger partial charge in [0.05, 0.1) is 16.7 Å². The van der Waals surface area contributed by atoms with Gasteiger partial charge in [0, 0.05) is 44.3 Å². The van der Waals surface area contributed by atoms with Crippen molar-refractivity contribution < 1.29 is 30.4 Å². The zero-order valence-corrected chi connectivity index (χ0v) is 51.3. The number of nitrogens with zero attached hydrogens (tertiary/aromatic N) is 4. The minimum atomic E-state index is -0.181. The normalized spacial score (nSPS) is 12.5. The van der Waals surface area contributed by atoms with Crippen LogP contribution in [0.2, 0.25) is 0 Å². The summed E-state index contributed by atoms with van der Waals surface area (Å²) < 4.78 is 13.6. The largest absolute Gasteiger partial charge is 0.510 e. The molecule has 0 fully saturated rings. The monoisotopic (exact) mass is 1250 g/mol. The zero-order chi connectivity index (χ0) is 56.3. The zero-order valence-electron chi connectivity index (χ0n) is 49.0. The number of ether oxygens (including phenoxy) is 1. The molecule has 0 aliphatic carbocycles. The maximum Gasteiger partial charge on any atom is 0.268 e. The Kier molecular flexibility index (Phi) is 13.4. The summed E-state index contributed by atoms with van der Waals surface area (Å²) in [4.78, 5) is 4.92. The summed E-state index contributed by atoms with van der Waals surface area (Å²) in [6.45, 7) is 27.7. The predicted octanol–water partition coefficient (Wildman–Crippen LogP) is 19.4. The van der Waals surface area contributed by atoms with Crippen molar-refractivity contribution in [2.75, 3.05) is 0 Å². The fourth-order valence-electron chi connectivity index (χ4n) is 11.8. The molecule has 0 unspecified atom stereocenters. The van der Waals surface area contributed by atoms with E-state index < -0.39 is 0 Å². The van der Waals surface area contributed by atoms with Crippen molar-refractivity contribution >= 4 is 32.8 Å². The van der Waals surface area contributed by atoms with Gasteiger partial charge in [-0.3, -0.25) is 4.57 Å².